The van der Waals surface area contributed by atoms with Crippen LogP contribution in [0.1, 0.15) is 28.1 Å². The van der Waals surface area contributed by atoms with Crippen molar-refractivity contribution in [2.75, 3.05) is 0 Å². The molecule has 0 bridgehead atoms. The van der Waals surface area contributed by atoms with Crippen molar-refractivity contribution in [2.45, 2.75) is 26.1 Å². The van der Waals surface area contributed by atoms with E-state index >= 15 is 0 Å². The van der Waals surface area contributed by atoms with Crippen LogP contribution in [0.15, 0.2) is 97.2 Å². The lowest BCUT2D eigenvalue weighted by Gasteiger charge is -2.08. The van der Waals surface area contributed by atoms with E-state index in [0.29, 0.717) is 10.0 Å². The number of imidazole rings is 1. The van der Waals surface area contributed by atoms with E-state index in [4.69, 9.17) is 28.2 Å². The minimum atomic E-state index is -4.35. The summed E-state index contributed by atoms with van der Waals surface area (Å²) in [5.41, 5.74) is 5.85. The van der Waals surface area contributed by atoms with E-state index in [1.807, 2.05) is 48.7 Å². The fourth-order valence-corrected chi connectivity index (χ4v) is 4.89. The lowest BCUT2D eigenvalue weighted by atomic mass is 10.0. The van der Waals surface area contributed by atoms with E-state index in [0.717, 1.165) is 58.9 Å². The molecule has 0 saturated carbocycles. The van der Waals surface area contributed by atoms with Gasteiger partial charge in [0.15, 0.2) is 0 Å². The Hall–Kier alpha value is -3.80. The molecule has 0 spiro atoms. The van der Waals surface area contributed by atoms with Crippen molar-refractivity contribution in [1.29, 1.82) is 0 Å². The maximum atomic E-state index is 12.9. The summed E-state index contributed by atoms with van der Waals surface area (Å²) in [5.74, 6) is 0.778. The molecule has 0 aliphatic heterocycles. The number of nitrogens with zero attached hydrogens (tertiary/aromatic N) is 2. The van der Waals surface area contributed by atoms with Crippen LogP contribution in [0.25, 0.3) is 34.5 Å². The van der Waals surface area contributed by atoms with Crippen molar-refractivity contribution in [3.8, 4) is 22.4 Å². The standard InChI is InChI=1S/C33H25Cl2F3N2/c1-22-2-4-24(5-3-22)18-19-40-21-31(29-16-15-28(34)20-30(29)35)39-32(40)17-8-23-6-9-25(10-7-23)26-11-13-27(14-12-26)33(36,37)38/h2-17,20-21H,18-19H2,1H3/b17-8+. The van der Waals surface area contributed by atoms with Crippen molar-refractivity contribution in [2.24, 2.45) is 0 Å². The molecule has 0 unspecified atom stereocenters. The van der Waals surface area contributed by atoms with Gasteiger partial charge in [0.25, 0.3) is 0 Å². The highest BCUT2D eigenvalue weighted by Gasteiger charge is 2.29. The number of benzene rings is 4. The van der Waals surface area contributed by atoms with Gasteiger partial charge in [0.05, 0.1) is 16.3 Å². The predicted octanol–water partition coefficient (Wildman–Crippen LogP) is 10.3. The summed E-state index contributed by atoms with van der Waals surface area (Å²) in [7, 11) is 0. The minimum absolute atomic E-state index is 0.532. The monoisotopic (exact) mass is 576 g/mol. The van der Waals surface area contributed by atoms with Crippen molar-refractivity contribution in [3.63, 3.8) is 0 Å². The smallest absolute Gasteiger partial charge is 0.330 e. The predicted molar refractivity (Wildman–Crippen MR) is 158 cm³/mol. The van der Waals surface area contributed by atoms with Crippen LogP contribution in [0.4, 0.5) is 13.2 Å². The molecule has 5 aromatic rings. The molecular formula is C33H25Cl2F3N2. The third-order valence-electron chi connectivity index (χ3n) is 6.66. The average molecular weight is 577 g/mol. The molecule has 0 radical (unpaired) electrons. The molecular weight excluding hydrogens is 552 g/mol. The maximum absolute atomic E-state index is 12.9. The van der Waals surface area contributed by atoms with Crippen LogP contribution in [0, 0.1) is 6.92 Å². The Morgan fingerprint density at radius 1 is 0.800 bits per heavy atom. The second kappa shape index (κ2) is 11.7. The molecule has 5 rings (SSSR count). The topological polar surface area (TPSA) is 17.8 Å². The van der Waals surface area contributed by atoms with Crippen LogP contribution in [-0.2, 0) is 19.1 Å². The van der Waals surface area contributed by atoms with Crippen molar-refractivity contribution in [3.05, 3.63) is 135 Å². The van der Waals surface area contributed by atoms with Crippen molar-refractivity contribution >= 4 is 35.4 Å². The number of aromatic nitrogens is 2. The summed E-state index contributed by atoms with van der Waals surface area (Å²) in [6.07, 6.45) is 2.41. The first-order valence-corrected chi connectivity index (χ1v) is 13.5. The molecule has 0 fully saturated rings. The third-order valence-corrected chi connectivity index (χ3v) is 7.21. The Morgan fingerprint density at radius 3 is 2.08 bits per heavy atom. The summed E-state index contributed by atoms with van der Waals surface area (Å²) < 4.78 is 40.8. The first kappa shape index (κ1) is 27.8. The van der Waals surface area contributed by atoms with E-state index in [1.54, 1.807) is 12.1 Å². The highest BCUT2D eigenvalue weighted by atomic mass is 35.5. The molecule has 7 heteroatoms. The van der Waals surface area contributed by atoms with Crippen LogP contribution in [-0.4, -0.2) is 9.55 Å². The second-order valence-electron chi connectivity index (χ2n) is 9.57. The Kier molecular flexibility index (Phi) is 8.15. The first-order chi connectivity index (χ1) is 19.2. The second-order valence-corrected chi connectivity index (χ2v) is 10.4. The van der Waals surface area contributed by atoms with Crippen molar-refractivity contribution < 1.29 is 13.2 Å². The maximum Gasteiger partial charge on any atom is 0.416 e. The van der Waals surface area contributed by atoms with Gasteiger partial charge in [0, 0.05) is 23.3 Å². The first-order valence-electron chi connectivity index (χ1n) is 12.7. The molecule has 0 atom stereocenters. The largest absolute Gasteiger partial charge is 0.416 e. The molecule has 1 heterocycles. The molecule has 0 saturated heterocycles. The van der Waals surface area contributed by atoms with Crippen LogP contribution < -0.4 is 0 Å². The summed E-state index contributed by atoms with van der Waals surface area (Å²) in [4.78, 5) is 4.86. The number of alkyl halides is 3. The molecule has 0 aliphatic carbocycles. The van der Waals surface area contributed by atoms with Gasteiger partial charge in [-0.2, -0.15) is 13.2 Å². The molecule has 1 aromatic heterocycles. The minimum Gasteiger partial charge on any atom is -0.330 e. The zero-order chi connectivity index (χ0) is 28.3. The van der Waals surface area contributed by atoms with Crippen LogP contribution in [0.2, 0.25) is 10.0 Å². The van der Waals surface area contributed by atoms with Crippen molar-refractivity contribution in [1.82, 2.24) is 9.55 Å². The van der Waals surface area contributed by atoms with Gasteiger partial charge in [0.1, 0.15) is 5.82 Å². The zero-order valence-electron chi connectivity index (χ0n) is 21.6. The van der Waals surface area contributed by atoms with Crippen LogP contribution >= 0.6 is 23.2 Å². The molecule has 2 nitrogen and oxygen atoms in total. The molecule has 0 N–H and O–H groups in total. The van der Waals surface area contributed by atoms with Crippen LogP contribution in [0.3, 0.4) is 0 Å². The normalized spacial score (nSPS) is 11.8. The van der Waals surface area contributed by atoms with Gasteiger partial charge in [-0.05, 0) is 72.0 Å². The average Bonchev–Trinajstić information content (AvgIpc) is 3.34. The lowest BCUT2D eigenvalue weighted by molar-refractivity contribution is -0.137. The van der Waals surface area contributed by atoms with E-state index in [-0.39, 0.29) is 0 Å². The molecule has 202 valence electrons. The fourth-order valence-electron chi connectivity index (χ4n) is 4.38. The number of halogens is 5. The molecule has 0 amide bonds. The Labute approximate surface area is 241 Å². The summed E-state index contributed by atoms with van der Waals surface area (Å²) in [6.45, 7) is 2.80. The highest BCUT2D eigenvalue weighted by molar-refractivity contribution is 6.36. The number of hydrogen-bond acceptors (Lipinski definition) is 1. The van der Waals surface area contributed by atoms with Crippen LogP contribution in [0.5, 0.6) is 0 Å². The van der Waals surface area contributed by atoms with E-state index in [1.165, 1.54) is 23.3 Å². The SMILES string of the molecule is Cc1ccc(CCn2cc(-c3ccc(Cl)cc3Cl)nc2/C=C/c2ccc(-c3ccc(C(F)(F)F)cc3)cc2)cc1. The van der Waals surface area contributed by atoms with E-state index < -0.39 is 11.7 Å². The summed E-state index contributed by atoms with van der Waals surface area (Å²) >= 11 is 12.6. The Morgan fingerprint density at radius 2 is 1.45 bits per heavy atom. The molecule has 4 aromatic carbocycles. The number of rotatable bonds is 7. The Balaban J connectivity index is 1.39. The zero-order valence-corrected chi connectivity index (χ0v) is 23.1. The Bertz CT molecular complexity index is 1630. The van der Waals surface area contributed by atoms with Gasteiger partial charge in [-0.25, -0.2) is 4.98 Å². The lowest BCUT2D eigenvalue weighted by Crippen LogP contribution is -2.03. The third kappa shape index (κ3) is 6.67. The van der Waals surface area contributed by atoms with Gasteiger partial charge in [-0.15, -0.1) is 0 Å². The number of hydrogen-bond donors (Lipinski definition) is 0. The molecule has 40 heavy (non-hydrogen) atoms. The summed E-state index contributed by atoms with van der Waals surface area (Å²) in [6, 6.07) is 26.7. The van der Waals surface area contributed by atoms with Gasteiger partial charge < -0.3 is 4.57 Å². The highest BCUT2D eigenvalue weighted by Crippen LogP contribution is 2.32. The quantitative estimate of drug-likeness (QED) is 0.188. The van der Waals surface area contributed by atoms with Gasteiger partial charge in [0.2, 0.25) is 0 Å². The van der Waals surface area contributed by atoms with Gasteiger partial charge in [-0.1, -0.05) is 95.5 Å². The summed E-state index contributed by atoms with van der Waals surface area (Å²) in [5, 5.41) is 1.09. The van der Waals surface area contributed by atoms with Gasteiger partial charge in [-0.3, -0.25) is 0 Å². The van der Waals surface area contributed by atoms with Gasteiger partial charge >= 0.3 is 6.18 Å². The van der Waals surface area contributed by atoms with E-state index in [2.05, 4.69) is 35.8 Å². The fraction of sp³-hybridized carbons (Fsp3) is 0.121. The number of aryl methyl sites for hydroxylation is 3. The molecule has 0 aliphatic rings. The van der Waals surface area contributed by atoms with E-state index in [9.17, 15) is 13.2 Å².